The Labute approximate surface area is 126 Å². The highest BCUT2D eigenvalue weighted by atomic mass is 15.0. The molecule has 1 N–H and O–H groups in total. The highest BCUT2D eigenvalue weighted by Gasteiger charge is 2.42. The standard InChI is InChI=1S/C18H23N3/c1-2-11-20-13-16-5-3-4-15-6-12-21(17(15)16)14-18(7-8-18)9-10-19/h3-6,12,20H,2,7-9,11,13-14H2,1H3. The van der Waals surface area contributed by atoms with Gasteiger partial charge < -0.3 is 9.88 Å². The van der Waals surface area contributed by atoms with E-state index in [2.05, 4.69) is 53.3 Å². The molecule has 0 spiro atoms. The predicted octanol–water partition coefficient (Wildman–Crippen LogP) is 3.83. The molecular formula is C18H23N3. The Morgan fingerprint density at radius 3 is 2.90 bits per heavy atom. The Bertz CT molecular complexity index is 659. The molecule has 0 unspecified atom stereocenters. The molecule has 1 aliphatic carbocycles. The van der Waals surface area contributed by atoms with Gasteiger partial charge in [0.2, 0.25) is 0 Å². The minimum atomic E-state index is 0.241. The third kappa shape index (κ3) is 2.96. The van der Waals surface area contributed by atoms with Crippen LogP contribution in [0.25, 0.3) is 10.9 Å². The minimum absolute atomic E-state index is 0.241. The summed E-state index contributed by atoms with van der Waals surface area (Å²) in [4.78, 5) is 0. The van der Waals surface area contributed by atoms with Crippen LogP contribution in [0.1, 0.15) is 38.2 Å². The first-order chi connectivity index (χ1) is 10.3. The van der Waals surface area contributed by atoms with E-state index in [0.29, 0.717) is 6.42 Å². The number of hydrogen-bond donors (Lipinski definition) is 1. The maximum atomic E-state index is 9.01. The molecule has 3 heteroatoms. The Morgan fingerprint density at radius 1 is 1.33 bits per heavy atom. The van der Waals surface area contributed by atoms with Gasteiger partial charge in [-0.1, -0.05) is 25.1 Å². The number of rotatable bonds is 7. The Balaban J connectivity index is 1.87. The third-order valence-electron chi connectivity index (χ3n) is 4.53. The summed E-state index contributed by atoms with van der Waals surface area (Å²) in [5.74, 6) is 0. The van der Waals surface area contributed by atoms with Gasteiger partial charge in [0.25, 0.3) is 0 Å². The van der Waals surface area contributed by atoms with E-state index < -0.39 is 0 Å². The van der Waals surface area contributed by atoms with E-state index in [0.717, 1.165) is 26.1 Å². The number of nitriles is 1. The maximum Gasteiger partial charge on any atom is 0.0628 e. The number of fused-ring (bicyclic) bond motifs is 1. The zero-order valence-electron chi connectivity index (χ0n) is 12.7. The van der Waals surface area contributed by atoms with Gasteiger partial charge in [-0.05, 0) is 42.8 Å². The molecule has 1 saturated carbocycles. The monoisotopic (exact) mass is 281 g/mol. The van der Waals surface area contributed by atoms with Gasteiger partial charge in [-0.3, -0.25) is 0 Å². The van der Waals surface area contributed by atoms with Crippen LogP contribution >= 0.6 is 0 Å². The number of aromatic nitrogens is 1. The molecule has 21 heavy (non-hydrogen) atoms. The molecule has 0 atom stereocenters. The zero-order chi connectivity index (χ0) is 14.7. The van der Waals surface area contributed by atoms with Gasteiger partial charge in [-0.15, -0.1) is 0 Å². The van der Waals surface area contributed by atoms with Crippen LogP contribution in [0.5, 0.6) is 0 Å². The van der Waals surface area contributed by atoms with Crippen LogP contribution in [-0.4, -0.2) is 11.1 Å². The van der Waals surface area contributed by atoms with Gasteiger partial charge in [-0.2, -0.15) is 5.26 Å². The third-order valence-corrected chi connectivity index (χ3v) is 4.53. The predicted molar refractivity (Wildman–Crippen MR) is 85.8 cm³/mol. The van der Waals surface area contributed by atoms with Crippen molar-refractivity contribution < 1.29 is 0 Å². The summed E-state index contributed by atoms with van der Waals surface area (Å²) in [6, 6.07) is 11.1. The van der Waals surface area contributed by atoms with Crippen molar-refractivity contribution in [1.29, 1.82) is 5.26 Å². The average Bonchev–Trinajstić information content (AvgIpc) is 3.11. The van der Waals surface area contributed by atoms with Crippen molar-refractivity contribution in [3.05, 3.63) is 36.0 Å². The second-order valence-electron chi connectivity index (χ2n) is 6.31. The summed E-state index contributed by atoms with van der Waals surface area (Å²) in [6.07, 6.45) is 6.41. The number of benzene rings is 1. The molecule has 1 aromatic heterocycles. The fraction of sp³-hybridized carbons (Fsp3) is 0.500. The van der Waals surface area contributed by atoms with Crippen LogP contribution in [0, 0.1) is 16.7 Å². The van der Waals surface area contributed by atoms with E-state index in [1.54, 1.807) is 0 Å². The molecule has 0 bridgehead atoms. The van der Waals surface area contributed by atoms with E-state index in [1.807, 2.05) is 0 Å². The second-order valence-corrected chi connectivity index (χ2v) is 6.31. The first-order valence-electron chi connectivity index (χ1n) is 7.92. The number of para-hydroxylation sites is 1. The number of nitrogens with zero attached hydrogens (tertiary/aromatic N) is 2. The largest absolute Gasteiger partial charge is 0.347 e. The SMILES string of the molecule is CCCNCc1cccc2ccn(CC3(CC#N)CC3)c12. The second kappa shape index (κ2) is 5.91. The Kier molecular flexibility index (Phi) is 3.98. The summed E-state index contributed by atoms with van der Waals surface area (Å²) >= 11 is 0. The minimum Gasteiger partial charge on any atom is -0.347 e. The van der Waals surface area contributed by atoms with Gasteiger partial charge in [0, 0.05) is 31.1 Å². The van der Waals surface area contributed by atoms with E-state index in [-0.39, 0.29) is 5.41 Å². The molecule has 1 aliphatic rings. The molecule has 0 amide bonds. The smallest absolute Gasteiger partial charge is 0.0628 e. The molecule has 110 valence electrons. The Hall–Kier alpha value is -1.79. The molecule has 3 nitrogen and oxygen atoms in total. The zero-order valence-corrected chi connectivity index (χ0v) is 12.7. The van der Waals surface area contributed by atoms with Gasteiger partial charge in [-0.25, -0.2) is 0 Å². The van der Waals surface area contributed by atoms with Crippen molar-refractivity contribution in [2.75, 3.05) is 6.54 Å². The van der Waals surface area contributed by atoms with Crippen molar-refractivity contribution in [2.45, 2.75) is 45.7 Å². The summed E-state index contributed by atoms with van der Waals surface area (Å²) in [5.41, 5.74) is 2.94. The van der Waals surface area contributed by atoms with Crippen LogP contribution < -0.4 is 5.32 Å². The van der Waals surface area contributed by atoms with Gasteiger partial charge in [0.1, 0.15) is 0 Å². The van der Waals surface area contributed by atoms with Crippen LogP contribution in [-0.2, 0) is 13.1 Å². The van der Waals surface area contributed by atoms with Crippen LogP contribution in [0.3, 0.4) is 0 Å². The number of hydrogen-bond acceptors (Lipinski definition) is 2. The lowest BCUT2D eigenvalue weighted by molar-refractivity contribution is 0.439. The summed E-state index contributed by atoms with van der Waals surface area (Å²) in [5, 5.41) is 13.8. The summed E-state index contributed by atoms with van der Waals surface area (Å²) in [7, 11) is 0. The van der Waals surface area contributed by atoms with Crippen LogP contribution in [0.15, 0.2) is 30.5 Å². The van der Waals surface area contributed by atoms with Crippen molar-refractivity contribution in [3.63, 3.8) is 0 Å². The van der Waals surface area contributed by atoms with Gasteiger partial charge in [0.05, 0.1) is 11.6 Å². The lowest BCUT2D eigenvalue weighted by atomic mass is 10.0. The molecule has 2 aromatic rings. The van der Waals surface area contributed by atoms with Crippen molar-refractivity contribution in [2.24, 2.45) is 5.41 Å². The molecular weight excluding hydrogens is 258 g/mol. The lowest BCUT2D eigenvalue weighted by Crippen LogP contribution is -2.16. The highest BCUT2D eigenvalue weighted by Crippen LogP contribution is 2.50. The van der Waals surface area contributed by atoms with Crippen LogP contribution in [0.4, 0.5) is 0 Å². The topological polar surface area (TPSA) is 40.8 Å². The van der Waals surface area contributed by atoms with E-state index in [4.69, 9.17) is 5.26 Å². The van der Waals surface area contributed by atoms with Crippen molar-refractivity contribution in [1.82, 2.24) is 9.88 Å². The Morgan fingerprint density at radius 2 is 2.19 bits per heavy atom. The first kappa shape index (κ1) is 14.2. The van der Waals surface area contributed by atoms with Gasteiger partial charge in [0.15, 0.2) is 0 Å². The summed E-state index contributed by atoms with van der Waals surface area (Å²) in [6.45, 7) is 5.14. The van der Waals surface area contributed by atoms with Crippen molar-refractivity contribution >= 4 is 10.9 Å². The first-order valence-corrected chi connectivity index (χ1v) is 7.92. The van der Waals surface area contributed by atoms with Crippen molar-refractivity contribution in [3.8, 4) is 6.07 Å². The summed E-state index contributed by atoms with van der Waals surface area (Å²) < 4.78 is 2.36. The van der Waals surface area contributed by atoms with E-state index in [9.17, 15) is 0 Å². The van der Waals surface area contributed by atoms with E-state index >= 15 is 0 Å². The lowest BCUT2D eigenvalue weighted by Gasteiger charge is -2.15. The highest BCUT2D eigenvalue weighted by molar-refractivity contribution is 5.83. The number of nitrogens with one attached hydrogen (secondary N) is 1. The fourth-order valence-corrected chi connectivity index (χ4v) is 3.11. The van der Waals surface area contributed by atoms with Gasteiger partial charge >= 0.3 is 0 Å². The van der Waals surface area contributed by atoms with E-state index in [1.165, 1.54) is 29.3 Å². The normalized spacial score (nSPS) is 16.0. The molecule has 1 fully saturated rings. The molecule has 0 saturated heterocycles. The molecule has 0 aliphatic heterocycles. The molecule has 0 radical (unpaired) electrons. The molecule has 1 heterocycles. The maximum absolute atomic E-state index is 9.01. The quantitative estimate of drug-likeness (QED) is 0.783. The van der Waals surface area contributed by atoms with Crippen LogP contribution in [0.2, 0.25) is 0 Å². The average molecular weight is 281 g/mol. The molecule has 1 aromatic carbocycles. The fourth-order valence-electron chi connectivity index (χ4n) is 3.11. The molecule has 3 rings (SSSR count).